The molecule has 86 valence electrons. The van der Waals surface area contributed by atoms with Crippen LogP contribution in [-0.2, 0) is 4.79 Å². The number of carboxylic acid groups (broad SMARTS) is 1. The Morgan fingerprint density at radius 3 is 3.12 bits per heavy atom. The summed E-state index contributed by atoms with van der Waals surface area (Å²) in [5.74, 6) is -0.901. The van der Waals surface area contributed by atoms with Gasteiger partial charge in [0.05, 0.1) is 0 Å². The third-order valence-corrected chi connectivity index (χ3v) is 2.67. The summed E-state index contributed by atoms with van der Waals surface area (Å²) in [6.07, 6.45) is 0.623. The lowest BCUT2D eigenvalue weighted by Gasteiger charge is -2.12. The second-order valence-corrected chi connectivity index (χ2v) is 3.87. The standard InChI is InChI=1S/C9H12N4O2S/c10-13-12-4-1-3-11-8(9(14)15)7-2-5-16-6-7/h2,5-6,8,11H,1,3-4H2,(H,14,15). The summed E-state index contributed by atoms with van der Waals surface area (Å²) in [4.78, 5) is 13.6. The molecular weight excluding hydrogens is 228 g/mol. The van der Waals surface area contributed by atoms with Crippen LogP contribution < -0.4 is 5.32 Å². The molecule has 0 amide bonds. The van der Waals surface area contributed by atoms with E-state index in [0.29, 0.717) is 19.5 Å². The minimum atomic E-state index is -0.901. The summed E-state index contributed by atoms with van der Waals surface area (Å²) in [6.45, 7) is 0.880. The van der Waals surface area contributed by atoms with Gasteiger partial charge in [-0.3, -0.25) is 4.79 Å². The minimum Gasteiger partial charge on any atom is -0.480 e. The SMILES string of the molecule is [N-]=[N+]=NCCCNC(C(=O)O)c1ccsc1. The average molecular weight is 240 g/mol. The highest BCUT2D eigenvalue weighted by molar-refractivity contribution is 7.08. The van der Waals surface area contributed by atoms with Gasteiger partial charge in [0.1, 0.15) is 6.04 Å². The van der Waals surface area contributed by atoms with E-state index in [1.807, 2.05) is 5.38 Å². The lowest BCUT2D eigenvalue weighted by Crippen LogP contribution is -2.29. The zero-order valence-electron chi connectivity index (χ0n) is 8.54. The molecule has 0 aliphatic carbocycles. The Bertz CT molecular complexity index is 373. The van der Waals surface area contributed by atoms with Gasteiger partial charge in [0.2, 0.25) is 0 Å². The number of azide groups is 1. The molecule has 0 saturated heterocycles. The van der Waals surface area contributed by atoms with Crippen LogP contribution in [0.4, 0.5) is 0 Å². The van der Waals surface area contributed by atoms with Crippen LogP contribution >= 0.6 is 11.3 Å². The molecule has 2 N–H and O–H groups in total. The Kier molecular flexibility index (Phi) is 5.35. The fourth-order valence-corrected chi connectivity index (χ4v) is 1.91. The molecule has 0 spiro atoms. The summed E-state index contributed by atoms with van der Waals surface area (Å²) in [7, 11) is 0. The van der Waals surface area contributed by atoms with Crippen molar-refractivity contribution in [2.45, 2.75) is 12.5 Å². The van der Waals surface area contributed by atoms with Crippen molar-refractivity contribution in [2.24, 2.45) is 5.11 Å². The Balaban J connectivity index is 2.41. The maximum atomic E-state index is 11.0. The molecule has 0 fully saturated rings. The van der Waals surface area contributed by atoms with Crippen LogP contribution in [0.3, 0.4) is 0 Å². The number of thiophene rings is 1. The normalized spacial score (nSPS) is 11.8. The molecule has 0 radical (unpaired) electrons. The van der Waals surface area contributed by atoms with Crippen LogP contribution in [0.15, 0.2) is 21.9 Å². The van der Waals surface area contributed by atoms with Crippen LogP contribution in [0.2, 0.25) is 0 Å². The molecule has 0 bridgehead atoms. The smallest absolute Gasteiger partial charge is 0.325 e. The zero-order valence-corrected chi connectivity index (χ0v) is 9.35. The molecule has 0 aliphatic rings. The third kappa shape index (κ3) is 3.90. The van der Waals surface area contributed by atoms with E-state index in [0.717, 1.165) is 5.56 Å². The van der Waals surface area contributed by atoms with Gasteiger partial charge in [0.25, 0.3) is 0 Å². The van der Waals surface area contributed by atoms with Crippen molar-refractivity contribution in [1.29, 1.82) is 0 Å². The van der Waals surface area contributed by atoms with Crippen molar-refractivity contribution < 1.29 is 9.90 Å². The van der Waals surface area contributed by atoms with Crippen molar-refractivity contribution in [3.05, 3.63) is 32.8 Å². The van der Waals surface area contributed by atoms with Crippen LogP contribution in [0, 0.1) is 0 Å². The molecule has 16 heavy (non-hydrogen) atoms. The van der Waals surface area contributed by atoms with Crippen molar-refractivity contribution >= 4 is 17.3 Å². The lowest BCUT2D eigenvalue weighted by molar-refractivity contribution is -0.139. The molecule has 0 aromatic carbocycles. The fourth-order valence-electron chi connectivity index (χ4n) is 1.23. The van der Waals surface area contributed by atoms with E-state index >= 15 is 0 Å². The second-order valence-electron chi connectivity index (χ2n) is 3.09. The first kappa shape index (κ1) is 12.5. The van der Waals surface area contributed by atoms with Gasteiger partial charge in [-0.15, -0.1) is 0 Å². The summed E-state index contributed by atoms with van der Waals surface area (Å²) in [5.41, 5.74) is 8.81. The van der Waals surface area contributed by atoms with E-state index in [1.54, 1.807) is 11.4 Å². The highest BCUT2D eigenvalue weighted by Crippen LogP contribution is 2.16. The number of carboxylic acids is 1. The number of nitrogens with zero attached hydrogens (tertiary/aromatic N) is 3. The van der Waals surface area contributed by atoms with E-state index < -0.39 is 12.0 Å². The van der Waals surface area contributed by atoms with Crippen LogP contribution in [0.5, 0.6) is 0 Å². The molecule has 6 nitrogen and oxygen atoms in total. The van der Waals surface area contributed by atoms with Crippen molar-refractivity contribution in [3.63, 3.8) is 0 Å². The predicted octanol–water partition coefficient (Wildman–Crippen LogP) is 2.16. The average Bonchev–Trinajstić information content (AvgIpc) is 2.76. The molecule has 0 aliphatic heterocycles. The minimum absolute atomic E-state index is 0.374. The number of nitrogens with one attached hydrogen (secondary N) is 1. The maximum absolute atomic E-state index is 11.0. The zero-order chi connectivity index (χ0) is 11.8. The molecule has 1 atom stereocenters. The van der Waals surface area contributed by atoms with Crippen molar-refractivity contribution in [3.8, 4) is 0 Å². The molecule has 1 aromatic heterocycles. The number of aliphatic carboxylic acids is 1. The van der Waals surface area contributed by atoms with Crippen molar-refractivity contribution in [1.82, 2.24) is 5.32 Å². The summed E-state index contributed by atoms with van der Waals surface area (Å²) < 4.78 is 0. The number of hydrogen-bond donors (Lipinski definition) is 2. The van der Waals surface area contributed by atoms with Crippen molar-refractivity contribution in [2.75, 3.05) is 13.1 Å². The summed E-state index contributed by atoms with van der Waals surface area (Å²) in [6, 6.07) is 1.10. The van der Waals surface area contributed by atoms with Gasteiger partial charge >= 0.3 is 5.97 Å². The quantitative estimate of drug-likeness (QED) is 0.330. The first-order valence-corrected chi connectivity index (χ1v) is 5.69. The third-order valence-electron chi connectivity index (χ3n) is 1.97. The first-order valence-electron chi connectivity index (χ1n) is 4.75. The Hall–Kier alpha value is -1.56. The van der Waals surface area contributed by atoms with E-state index in [4.69, 9.17) is 10.6 Å². The van der Waals surface area contributed by atoms with Crippen LogP contribution in [-0.4, -0.2) is 24.2 Å². The maximum Gasteiger partial charge on any atom is 0.325 e. The topological polar surface area (TPSA) is 98.1 Å². The highest BCUT2D eigenvalue weighted by atomic mass is 32.1. The predicted molar refractivity (Wildman–Crippen MR) is 61.3 cm³/mol. The number of hydrogen-bond acceptors (Lipinski definition) is 4. The molecule has 1 aromatic rings. The number of rotatable bonds is 7. The van der Waals surface area contributed by atoms with Gasteiger partial charge < -0.3 is 10.4 Å². The van der Waals surface area contributed by atoms with Gasteiger partial charge in [0.15, 0.2) is 0 Å². The number of carbonyl (C=O) groups is 1. The second kappa shape index (κ2) is 6.84. The van der Waals surface area contributed by atoms with Gasteiger partial charge in [-0.05, 0) is 40.9 Å². The molecule has 0 saturated carbocycles. The molecule has 7 heteroatoms. The Morgan fingerprint density at radius 2 is 2.56 bits per heavy atom. The lowest BCUT2D eigenvalue weighted by atomic mass is 10.1. The summed E-state index contributed by atoms with van der Waals surface area (Å²) >= 11 is 1.46. The highest BCUT2D eigenvalue weighted by Gasteiger charge is 2.18. The van der Waals surface area contributed by atoms with E-state index in [2.05, 4.69) is 15.3 Å². The van der Waals surface area contributed by atoms with Gasteiger partial charge in [-0.1, -0.05) is 5.11 Å². The fraction of sp³-hybridized carbons (Fsp3) is 0.444. The van der Waals surface area contributed by atoms with E-state index in [9.17, 15) is 4.79 Å². The van der Waals surface area contributed by atoms with Gasteiger partial charge in [-0.25, -0.2) is 0 Å². The molecule has 1 rings (SSSR count). The summed E-state index contributed by atoms with van der Waals surface area (Å²) in [5, 5.41) is 18.9. The van der Waals surface area contributed by atoms with Gasteiger partial charge in [-0.2, -0.15) is 11.3 Å². The Morgan fingerprint density at radius 1 is 1.75 bits per heavy atom. The van der Waals surface area contributed by atoms with Crippen LogP contribution in [0.1, 0.15) is 18.0 Å². The van der Waals surface area contributed by atoms with Crippen LogP contribution in [0.25, 0.3) is 10.4 Å². The first-order chi connectivity index (χ1) is 7.75. The van der Waals surface area contributed by atoms with E-state index in [-0.39, 0.29) is 0 Å². The molecule has 1 unspecified atom stereocenters. The molecule has 1 heterocycles. The van der Waals surface area contributed by atoms with Gasteiger partial charge in [0, 0.05) is 11.5 Å². The molecular formula is C9H12N4O2S. The monoisotopic (exact) mass is 240 g/mol. The Labute approximate surface area is 96.5 Å². The largest absolute Gasteiger partial charge is 0.480 e. The van der Waals surface area contributed by atoms with E-state index in [1.165, 1.54) is 11.3 Å².